The van der Waals surface area contributed by atoms with E-state index in [1.54, 1.807) is 24.4 Å². The minimum Gasteiger partial charge on any atom is -0.478 e. The molecule has 0 bridgehead atoms. The fraction of sp³-hybridized carbons (Fsp3) is 0.286. The van der Waals surface area contributed by atoms with Crippen molar-refractivity contribution in [1.29, 1.82) is 0 Å². The lowest BCUT2D eigenvalue weighted by atomic mass is 10.1. The number of hydrogen-bond acceptors (Lipinski definition) is 5. The molecule has 4 rings (SSSR count). The lowest BCUT2D eigenvalue weighted by molar-refractivity contribution is 0.0697. The quantitative estimate of drug-likeness (QED) is 0.736. The first kappa shape index (κ1) is 17.4. The summed E-state index contributed by atoms with van der Waals surface area (Å²) in [7, 11) is 0. The van der Waals surface area contributed by atoms with Crippen molar-refractivity contribution in [3.05, 3.63) is 71.5 Å². The molecular formula is C21H21N3O3. The van der Waals surface area contributed by atoms with E-state index in [2.05, 4.69) is 14.9 Å². The highest BCUT2D eigenvalue weighted by Gasteiger charge is 2.28. The third-order valence-electron chi connectivity index (χ3n) is 4.92. The third-order valence-corrected chi connectivity index (χ3v) is 4.92. The maximum atomic E-state index is 11.4. The molecular weight excluding hydrogens is 342 g/mol. The Hall–Kier alpha value is -2.99. The summed E-state index contributed by atoms with van der Waals surface area (Å²) in [5, 5.41) is 9.38. The Morgan fingerprint density at radius 3 is 2.93 bits per heavy atom. The van der Waals surface area contributed by atoms with E-state index in [0.29, 0.717) is 17.9 Å². The molecule has 6 heteroatoms. The molecule has 1 saturated heterocycles. The Bertz CT molecular complexity index is 967. The van der Waals surface area contributed by atoms with Gasteiger partial charge in [0, 0.05) is 18.0 Å². The molecule has 138 valence electrons. The van der Waals surface area contributed by atoms with Crippen LogP contribution < -0.4 is 0 Å². The molecule has 3 aromatic rings. The van der Waals surface area contributed by atoms with E-state index in [-0.39, 0.29) is 11.6 Å². The van der Waals surface area contributed by atoms with Crippen molar-refractivity contribution in [3.63, 3.8) is 0 Å². The van der Waals surface area contributed by atoms with Crippen molar-refractivity contribution < 1.29 is 14.3 Å². The Kier molecular flexibility index (Phi) is 4.73. The second-order valence-corrected chi connectivity index (χ2v) is 6.83. The molecule has 0 saturated carbocycles. The lowest BCUT2D eigenvalue weighted by Crippen LogP contribution is -2.23. The van der Waals surface area contributed by atoms with Crippen LogP contribution in [0, 0.1) is 6.92 Å². The first-order valence-corrected chi connectivity index (χ1v) is 9.06. The van der Waals surface area contributed by atoms with Gasteiger partial charge in [0.05, 0.1) is 29.5 Å². The van der Waals surface area contributed by atoms with Crippen LogP contribution in [0.25, 0.3) is 11.3 Å². The Labute approximate surface area is 157 Å². The van der Waals surface area contributed by atoms with Crippen LogP contribution in [0.3, 0.4) is 0 Å². The minimum absolute atomic E-state index is 0.234. The van der Waals surface area contributed by atoms with Crippen LogP contribution in [0.15, 0.2) is 53.2 Å². The lowest BCUT2D eigenvalue weighted by Gasteiger charge is -2.22. The van der Waals surface area contributed by atoms with Crippen LogP contribution in [-0.4, -0.2) is 32.5 Å². The van der Waals surface area contributed by atoms with Gasteiger partial charge in [0.2, 0.25) is 0 Å². The van der Waals surface area contributed by atoms with Gasteiger partial charge in [-0.1, -0.05) is 18.2 Å². The topological polar surface area (TPSA) is 79.5 Å². The number of aromatic carboxylic acids is 1. The maximum Gasteiger partial charge on any atom is 0.336 e. The molecule has 27 heavy (non-hydrogen) atoms. The molecule has 0 spiro atoms. The molecule has 1 aliphatic heterocycles. The molecule has 3 heterocycles. The Morgan fingerprint density at radius 1 is 1.26 bits per heavy atom. The summed E-state index contributed by atoms with van der Waals surface area (Å²) in [6.07, 6.45) is 5.76. The molecule has 1 fully saturated rings. The highest BCUT2D eigenvalue weighted by atomic mass is 16.4. The molecule has 0 radical (unpaired) electrons. The third kappa shape index (κ3) is 3.61. The molecule has 1 aromatic carbocycles. The number of nitrogens with zero attached hydrogens (tertiary/aromatic N) is 3. The zero-order valence-corrected chi connectivity index (χ0v) is 15.1. The molecule has 1 unspecified atom stereocenters. The number of hydrogen-bond donors (Lipinski definition) is 1. The van der Waals surface area contributed by atoms with Gasteiger partial charge in [-0.05, 0) is 44.5 Å². The van der Waals surface area contributed by atoms with Gasteiger partial charge in [-0.25, -0.2) is 4.79 Å². The monoisotopic (exact) mass is 363 g/mol. The zero-order valence-electron chi connectivity index (χ0n) is 15.1. The fourth-order valence-electron chi connectivity index (χ4n) is 3.69. The summed E-state index contributed by atoms with van der Waals surface area (Å²) in [6, 6.07) is 10.9. The SMILES string of the molecule is Cc1cncc(C2CCCN2Cc2ccc(-c3ccccc3C(=O)O)o2)n1. The summed E-state index contributed by atoms with van der Waals surface area (Å²) < 4.78 is 5.99. The average molecular weight is 363 g/mol. The summed E-state index contributed by atoms with van der Waals surface area (Å²) in [5.41, 5.74) is 2.76. The van der Waals surface area contributed by atoms with Crippen LogP contribution in [0.4, 0.5) is 0 Å². The van der Waals surface area contributed by atoms with Gasteiger partial charge in [-0.2, -0.15) is 0 Å². The summed E-state index contributed by atoms with van der Waals surface area (Å²) in [4.78, 5) is 22.7. The number of rotatable bonds is 5. The number of aromatic nitrogens is 2. The molecule has 1 aliphatic rings. The highest BCUT2D eigenvalue weighted by molar-refractivity contribution is 5.95. The standard InChI is InChI=1S/C21H21N3O3/c1-14-11-22-12-18(23-14)19-7-4-10-24(19)13-15-8-9-20(27-15)16-5-2-3-6-17(16)21(25)26/h2-3,5-6,8-9,11-12,19H,4,7,10,13H2,1H3,(H,25,26). The summed E-state index contributed by atoms with van der Waals surface area (Å²) in [5.74, 6) is 0.438. The normalized spacial score (nSPS) is 17.3. The van der Waals surface area contributed by atoms with Crippen molar-refractivity contribution in [3.8, 4) is 11.3 Å². The van der Waals surface area contributed by atoms with Gasteiger partial charge in [-0.3, -0.25) is 14.9 Å². The van der Waals surface area contributed by atoms with E-state index >= 15 is 0 Å². The van der Waals surface area contributed by atoms with E-state index in [0.717, 1.165) is 36.5 Å². The predicted molar refractivity (Wildman–Crippen MR) is 100 cm³/mol. The van der Waals surface area contributed by atoms with Crippen LogP contribution in [0.1, 0.15) is 46.4 Å². The fourth-order valence-corrected chi connectivity index (χ4v) is 3.69. The van der Waals surface area contributed by atoms with Gasteiger partial charge in [-0.15, -0.1) is 0 Å². The number of carboxylic acid groups (broad SMARTS) is 1. The van der Waals surface area contributed by atoms with Crippen LogP contribution in [0.5, 0.6) is 0 Å². The van der Waals surface area contributed by atoms with E-state index in [9.17, 15) is 9.90 Å². The van der Waals surface area contributed by atoms with Crippen LogP contribution in [-0.2, 0) is 6.54 Å². The largest absolute Gasteiger partial charge is 0.478 e. The first-order valence-electron chi connectivity index (χ1n) is 9.06. The van der Waals surface area contributed by atoms with Gasteiger partial charge in [0.1, 0.15) is 11.5 Å². The van der Waals surface area contributed by atoms with Gasteiger partial charge < -0.3 is 9.52 Å². The van der Waals surface area contributed by atoms with E-state index in [1.165, 1.54) is 0 Å². The van der Waals surface area contributed by atoms with Crippen molar-refractivity contribution in [2.45, 2.75) is 32.4 Å². The van der Waals surface area contributed by atoms with E-state index in [4.69, 9.17) is 4.42 Å². The maximum absolute atomic E-state index is 11.4. The molecule has 0 aliphatic carbocycles. The number of carboxylic acids is 1. The number of likely N-dealkylation sites (tertiary alicyclic amines) is 1. The molecule has 6 nitrogen and oxygen atoms in total. The van der Waals surface area contributed by atoms with E-state index < -0.39 is 5.97 Å². The summed E-state index contributed by atoms with van der Waals surface area (Å²) in [6.45, 7) is 3.59. The van der Waals surface area contributed by atoms with Gasteiger partial charge in [0.15, 0.2) is 0 Å². The molecule has 2 aromatic heterocycles. The molecule has 0 amide bonds. The van der Waals surface area contributed by atoms with Crippen LogP contribution >= 0.6 is 0 Å². The number of aryl methyl sites for hydroxylation is 1. The smallest absolute Gasteiger partial charge is 0.336 e. The van der Waals surface area contributed by atoms with Crippen molar-refractivity contribution in [2.24, 2.45) is 0 Å². The summed E-state index contributed by atoms with van der Waals surface area (Å²) >= 11 is 0. The van der Waals surface area contributed by atoms with Gasteiger partial charge in [0.25, 0.3) is 0 Å². The number of furan rings is 1. The minimum atomic E-state index is -0.957. The number of benzene rings is 1. The predicted octanol–water partition coefficient (Wildman–Crippen LogP) is 4.08. The highest BCUT2D eigenvalue weighted by Crippen LogP contribution is 2.33. The average Bonchev–Trinajstić information content (AvgIpc) is 3.32. The Morgan fingerprint density at radius 2 is 2.11 bits per heavy atom. The Balaban J connectivity index is 1.55. The van der Waals surface area contributed by atoms with Gasteiger partial charge >= 0.3 is 5.97 Å². The van der Waals surface area contributed by atoms with Crippen molar-refractivity contribution in [1.82, 2.24) is 14.9 Å². The number of carbonyl (C=O) groups is 1. The van der Waals surface area contributed by atoms with E-state index in [1.807, 2.05) is 31.3 Å². The molecule has 1 atom stereocenters. The zero-order chi connectivity index (χ0) is 18.8. The van der Waals surface area contributed by atoms with Crippen LogP contribution in [0.2, 0.25) is 0 Å². The second-order valence-electron chi connectivity index (χ2n) is 6.83. The second kappa shape index (κ2) is 7.32. The molecule has 1 N–H and O–H groups in total. The first-order chi connectivity index (χ1) is 13.1. The van der Waals surface area contributed by atoms with Crippen molar-refractivity contribution in [2.75, 3.05) is 6.54 Å². The van der Waals surface area contributed by atoms with Crippen molar-refractivity contribution >= 4 is 5.97 Å².